The van der Waals surface area contributed by atoms with Crippen LogP contribution in [-0.2, 0) is 0 Å². The van der Waals surface area contributed by atoms with E-state index < -0.39 is 0 Å². The number of nitrogens with two attached hydrogens (primary N) is 2. The summed E-state index contributed by atoms with van der Waals surface area (Å²) in [5.41, 5.74) is 13.8. The fraction of sp³-hybridized carbons (Fsp3) is 1.00. The van der Waals surface area contributed by atoms with E-state index in [1.54, 1.807) is 0 Å². The molecule has 3 fully saturated rings. The minimum Gasteiger partial charge on any atom is -0.324 e. The molecule has 3 heteroatoms. The van der Waals surface area contributed by atoms with Gasteiger partial charge in [0.25, 0.3) is 0 Å². The lowest BCUT2D eigenvalue weighted by Crippen LogP contribution is -2.60. The molecule has 0 aromatic rings. The first kappa shape index (κ1) is 17.7. The normalized spacial score (nSPS) is 28.8. The topological polar surface area (TPSA) is 55.3 Å². The zero-order chi connectivity index (χ0) is 16.2. The van der Waals surface area contributed by atoms with Gasteiger partial charge in [0.15, 0.2) is 0 Å². The Morgan fingerprint density at radius 1 is 0.609 bits per heavy atom. The molecule has 0 bridgehead atoms. The van der Waals surface area contributed by atoms with Crippen LogP contribution in [0.25, 0.3) is 0 Å². The molecule has 23 heavy (non-hydrogen) atoms. The summed E-state index contributed by atoms with van der Waals surface area (Å²) in [6.07, 6.45) is 19.9. The predicted octanol–water partition coefficient (Wildman–Crippen LogP) is 3.94. The summed E-state index contributed by atoms with van der Waals surface area (Å²) in [5.74, 6) is 0. The van der Waals surface area contributed by atoms with Crippen LogP contribution >= 0.6 is 0 Å². The lowest BCUT2D eigenvalue weighted by atomic mass is 9.79. The van der Waals surface area contributed by atoms with Gasteiger partial charge in [-0.1, -0.05) is 57.8 Å². The van der Waals surface area contributed by atoms with Gasteiger partial charge in [-0.15, -0.1) is 0 Å². The number of hydrogen-bond acceptors (Lipinski definition) is 3. The van der Waals surface area contributed by atoms with E-state index in [2.05, 4.69) is 4.90 Å². The average Bonchev–Trinajstić information content (AvgIpc) is 2.56. The molecule has 0 heterocycles. The molecule has 4 N–H and O–H groups in total. The largest absolute Gasteiger partial charge is 0.324 e. The molecule has 3 aliphatic rings. The Morgan fingerprint density at radius 2 is 1.00 bits per heavy atom. The van der Waals surface area contributed by atoms with Crippen molar-refractivity contribution in [3.63, 3.8) is 0 Å². The molecule has 0 amide bonds. The molecule has 3 nitrogen and oxygen atoms in total. The van der Waals surface area contributed by atoms with Gasteiger partial charge in [0, 0.05) is 30.2 Å². The fourth-order valence-corrected chi connectivity index (χ4v) is 5.40. The molecule has 134 valence electrons. The first-order valence-corrected chi connectivity index (χ1v) is 10.4. The van der Waals surface area contributed by atoms with Crippen LogP contribution in [0.2, 0.25) is 0 Å². The Balaban J connectivity index is 1.67. The van der Waals surface area contributed by atoms with E-state index in [0.29, 0.717) is 0 Å². The van der Waals surface area contributed by atoms with Crippen molar-refractivity contribution in [3.8, 4) is 0 Å². The van der Waals surface area contributed by atoms with Gasteiger partial charge in [-0.25, -0.2) is 0 Å². The van der Waals surface area contributed by atoms with Gasteiger partial charge in [0.1, 0.15) is 0 Å². The summed E-state index contributed by atoms with van der Waals surface area (Å²) in [6.45, 7) is 2.19. The van der Waals surface area contributed by atoms with Crippen molar-refractivity contribution in [3.05, 3.63) is 0 Å². The second-order valence-corrected chi connectivity index (χ2v) is 9.04. The summed E-state index contributed by atoms with van der Waals surface area (Å²) in [6, 6.07) is 0.744. The molecule has 0 aromatic heterocycles. The maximum atomic E-state index is 6.83. The van der Waals surface area contributed by atoms with Gasteiger partial charge in [0.2, 0.25) is 0 Å². The monoisotopic (exact) mass is 321 g/mol. The molecule has 0 aliphatic heterocycles. The molecule has 3 aliphatic carbocycles. The van der Waals surface area contributed by atoms with E-state index in [1.807, 2.05) is 0 Å². The molecule has 3 rings (SSSR count). The van der Waals surface area contributed by atoms with E-state index in [4.69, 9.17) is 11.5 Å². The van der Waals surface area contributed by atoms with Crippen molar-refractivity contribution in [2.45, 2.75) is 113 Å². The first-order valence-electron chi connectivity index (χ1n) is 10.4. The summed E-state index contributed by atoms with van der Waals surface area (Å²) in [5, 5.41) is 0. The minimum atomic E-state index is 0.0563. The highest BCUT2D eigenvalue weighted by Gasteiger charge is 2.37. The highest BCUT2D eigenvalue weighted by Crippen LogP contribution is 2.33. The Morgan fingerprint density at radius 3 is 1.43 bits per heavy atom. The third kappa shape index (κ3) is 4.93. The quantitative estimate of drug-likeness (QED) is 0.806. The van der Waals surface area contributed by atoms with E-state index in [0.717, 1.165) is 19.1 Å². The summed E-state index contributed by atoms with van der Waals surface area (Å²) in [7, 11) is 0. The van der Waals surface area contributed by atoms with Gasteiger partial charge in [-0.05, 0) is 38.5 Å². The maximum absolute atomic E-state index is 6.83. The van der Waals surface area contributed by atoms with Gasteiger partial charge in [0.05, 0.1) is 0 Å². The Bertz CT molecular complexity index is 324. The third-order valence-corrected chi connectivity index (χ3v) is 6.83. The van der Waals surface area contributed by atoms with Crippen molar-refractivity contribution in [1.29, 1.82) is 0 Å². The van der Waals surface area contributed by atoms with E-state index in [1.165, 1.54) is 96.3 Å². The predicted molar refractivity (Wildman–Crippen MR) is 98.5 cm³/mol. The van der Waals surface area contributed by atoms with E-state index in [9.17, 15) is 0 Å². The molecule has 0 atom stereocenters. The second-order valence-electron chi connectivity index (χ2n) is 9.04. The molecule has 0 radical (unpaired) electrons. The first-order chi connectivity index (χ1) is 11.1. The van der Waals surface area contributed by atoms with Crippen LogP contribution in [0.5, 0.6) is 0 Å². The molecular formula is C20H39N3. The summed E-state index contributed by atoms with van der Waals surface area (Å²) < 4.78 is 0. The minimum absolute atomic E-state index is 0.0563. The Labute approximate surface area is 143 Å². The fourth-order valence-electron chi connectivity index (χ4n) is 5.40. The number of nitrogens with zero attached hydrogens (tertiary/aromatic N) is 1. The van der Waals surface area contributed by atoms with Gasteiger partial charge in [-0.2, -0.15) is 0 Å². The van der Waals surface area contributed by atoms with Crippen molar-refractivity contribution in [2.75, 3.05) is 13.1 Å². The molecule has 3 saturated carbocycles. The standard InChI is InChI=1S/C20H39N3/c21-19(12-6-2-7-13-19)16-23(18-10-4-1-5-11-18)17-20(22)14-8-3-9-15-20/h18H,1-17,21-22H2. The van der Waals surface area contributed by atoms with Crippen molar-refractivity contribution < 1.29 is 0 Å². The van der Waals surface area contributed by atoms with Crippen LogP contribution in [0.3, 0.4) is 0 Å². The summed E-state index contributed by atoms with van der Waals surface area (Å²) >= 11 is 0. The van der Waals surface area contributed by atoms with Crippen LogP contribution < -0.4 is 11.5 Å². The second kappa shape index (κ2) is 7.84. The smallest absolute Gasteiger partial charge is 0.0283 e. The zero-order valence-electron chi connectivity index (χ0n) is 15.2. The van der Waals surface area contributed by atoms with Crippen LogP contribution in [0.15, 0.2) is 0 Å². The Hall–Kier alpha value is -0.120. The van der Waals surface area contributed by atoms with Gasteiger partial charge >= 0.3 is 0 Å². The van der Waals surface area contributed by atoms with E-state index in [-0.39, 0.29) is 11.1 Å². The van der Waals surface area contributed by atoms with E-state index >= 15 is 0 Å². The highest BCUT2D eigenvalue weighted by atomic mass is 15.2. The average molecular weight is 322 g/mol. The van der Waals surface area contributed by atoms with Crippen molar-refractivity contribution in [1.82, 2.24) is 4.90 Å². The van der Waals surface area contributed by atoms with Gasteiger partial charge in [-0.3, -0.25) is 4.90 Å². The summed E-state index contributed by atoms with van der Waals surface area (Å²) in [4.78, 5) is 2.76. The molecule has 0 aromatic carbocycles. The SMILES string of the molecule is NC1(CN(CC2(N)CCCCC2)C2CCCCC2)CCCCC1. The molecule has 0 spiro atoms. The van der Waals surface area contributed by atoms with Crippen molar-refractivity contribution >= 4 is 0 Å². The highest BCUT2D eigenvalue weighted by molar-refractivity contribution is 4.97. The Kier molecular flexibility index (Phi) is 6.03. The lowest BCUT2D eigenvalue weighted by molar-refractivity contribution is 0.0714. The van der Waals surface area contributed by atoms with Crippen LogP contribution in [0.4, 0.5) is 0 Å². The van der Waals surface area contributed by atoms with Crippen molar-refractivity contribution in [2.24, 2.45) is 11.5 Å². The molecule has 0 saturated heterocycles. The zero-order valence-corrected chi connectivity index (χ0v) is 15.2. The maximum Gasteiger partial charge on any atom is 0.0283 e. The number of rotatable bonds is 5. The van der Waals surface area contributed by atoms with Crippen LogP contribution in [0.1, 0.15) is 96.3 Å². The molecular weight excluding hydrogens is 282 g/mol. The van der Waals surface area contributed by atoms with Crippen LogP contribution in [-0.4, -0.2) is 35.1 Å². The third-order valence-electron chi connectivity index (χ3n) is 6.83. The van der Waals surface area contributed by atoms with Crippen LogP contribution in [0, 0.1) is 0 Å². The number of hydrogen-bond donors (Lipinski definition) is 2. The molecule has 0 unspecified atom stereocenters. The lowest BCUT2D eigenvalue weighted by Gasteiger charge is -2.46. The van der Waals surface area contributed by atoms with Gasteiger partial charge < -0.3 is 11.5 Å².